The van der Waals surface area contributed by atoms with Crippen LogP contribution in [0, 0.1) is 52.3 Å². The monoisotopic (exact) mass is 663 g/mol. The van der Waals surface area contributed by atoms with Gasteiger partial charge in [-0.05, 0) is 136 Å². The quantitative estimate of drug-likeness (QED) is 0.0736. The molecule has 4 aliphatic rings. The van der Waals surface area contributed by atoms with Crippen LogP contribution in [-0.2, 0) is 9.53 Å². The van der Waals surface area contributed by atoms with Gasteiger partial charge in [0.2, 0.25) is 0 Å². The first kappa shape index (κ1) is 39.5. The number of fused-ring (bicyclic) bond motifs is 5. The maximum atomic E-state index is 12.8. The molecule has 0 aromatic rings. The van der Waals surface area contributed by atoms with E-state index >= 15 is 0 Å². The van der Waals surface area contributed by atoms with Crippen LogP contribution < -0.4 is 0 Å². The van der Waals surface area contributed by atoms with Gasteiger partial charge in [-0.25, -0.2) is 0 Å². The summed E-state index contributed by atoms with van der Waals surface area (Å²) >= 11 is 0. The zero-order valence-electron chi connectivity index (χ0n) is 32.9. The van der Waals surface area contributed by atoms with Crippen LogP contribution in [0.3, 0.4) is 0 Å². The highest BCUT2D eigenvalue weighted by Gasteiger charge is 2.59. The minimum Gasteiger partial charge on any atom is -0.462 e. The van der Waals surface area contributed by atoms with Gasteiger partial charge >= 0.3 is 5.97 Å². The van der Waals surface area contributed by atoms with Crippen molar-refractivity contribution < 1.29 is 9.53 Å². The number of hydrogen-bond donors (Lipinski definition) is 0. The Morgan fingerprint density at radius 3 is 2.27 bits per heavy atom. The number of esters is 1. The van der Waals surface area contributed by atoms with Gasteiger partial charge in [-0.2, -0.15) is 0 Å². The first-order valence-electron chi connectivity index (χ1n) is 21.3. The normalized spacial score (nSPS) is 33.0. The molecule has 0 heterocycles. The zero-order chi connectivity index (χ0) is 34.6. The van der Waals surface area contributed by atoms with E-state index in [9.17, 15) is 4.79 Å². The second-order valence-corrected chi connectivity index (χ2v) is 18.1. The summed E-state index contributed by atoms with van der Waals surface area (Å²) in [6.07, 6.45) is 39.1. The topological polar surface area (TPSA) is 26.3 Å². The van der Waals surface area contributed by atoms with Crippen LogP contribution in [-0.4, -0.2) is 12.1 Å². The Kier molecular flexibility index (Phi) is 15.9. The highest BCUT2D eigenvalue weighted by molar-refractivity contribution is 5.69. The first-order valence-corrected chi connectivity index (χ1v) is 21.3. The van der Waals surface area contributed by atoms with Crippen molar-refractivity contribution in [2.45, 2.75) is 196 Å². The van der Waals surface area contributed by atoms with E-state index < -0.39 is 0 Å². The van der Waals surface area contributed by atoms with Crippen molar-refractivity contribution in [1.82, 2.24) is 0 Å². The van der Waals surface area contributed by atoms with E-state index in [2.05, 4.69) is 78.8 Å². The molecule has 9 unspecified atom stereocenters. The smallest absolute Gasteiger partial charge is 0.306 e. The summed E-state index contributed by atoms with van der Waals surface area (Å²) in [7, 11) is 0. The molecule has 0 saturated heterocycles. The summed E-state index contributed by atoms with van der Waals surface area (Å²) < 4.78 is 6.13. The van der Waals surface area contributed by atoms with Gasteiger partial charge in [0.1, 0.15) is 6.10 Å². The van der Waals surface area contributed by atoms with Crippen LogP contribution >= 0.6 is 0 Å². The second-order valence-electron chi connectivity index (χ2n) is 18.1. The van der Waals surface area contributed by atoms with E-state index in [1.54, 1.807) is 5.57 Å². The Balaban J connectivity index is 1.14. The molecule has 2 nitrogen and oxygen atoms in total. The molecule has 274 valence electrons. The van der Waals surface area contributed by atoms with Crippen molar-refractivity contribution in [2.75, 3.05) is 0 Å². The summed E-state index contributed by atoms with van der Waals surface area (Å²) in [6.45, 7) is 17.4. The molecule has 2 heteroatoms. The van der Waals surface area contributed by atoms with Crippen LogP contribution in [0.5, 0.6) is 0 Å². The number of rotatable bonds is 20. The van der Waals surface area contributed by atoms with Gasteiger partial charge in [-0.15, -0.1) is 0 Å². The Labute approximate surface area is 298 Å². The number of carbonyl (C=O) groups is 1. The van der Waals surface area contributed by atoms with Crippen molar-refractivity contribution in [1.29, 1.82) is 0 Å². The molecule has 48 heavy (non-hydrogen) atoms. The summed E-state index contributed by atoms with van der Waals surface area (Å²) in [6, 6.07) is 0. The Hall–Kier alpha value is -1.31. The summed E-state index contributed by atoms with van der Waals surface area (Å²) in [5.41, 5.74) is 2.50. The van der Waals surface area contributed by atoms with E-state index in [4.69, 9.17) is 4.74 Å². The maximum absolute atomic E-state index is 12.8. The van der Waals surface area contributed by atoms with Gasteiger partial charge < -0.3 is 4.74 Å². The first-order chi connectivity index (χ1) is 23.1. The minimum absolute atomic E-state index is 0.0471. The molecule has 4 aliphatic carbocycles. The predicted octanol–water partition coefficient (Wildman–Crippen LogP) is 14.0. The molecule has 0 aromatic heterocycles. The predicted molar refractivity (Wildman–Crippen MR) is 207 cm³/mol. The molecule has 0 N–H and O–H groups in total. The molecule has 0 radical (unpaired) electrons. The fourth-order valence-corrected chi connectivity index (χ4v) is 11.1. The lowest BCUT2D eigenvalue weighted by Crippen LogP contribution is -2.51. The second kappa shape index (κ2) is 19.3. The molecular weight excluding hydrogens is 585 g/mol. The summed E-state index contributed by atoms with van der Waals surface area (Å²) in [4.78, 5) is 12.8. The zero-order valence-corrected chi connectivity index (χ0v) is 32.9. The number of ether oxygens (including phenoxy) is 1. The molecule has 0 spiro atoms. The van der Waals surface area contributed by atoms with Crippen molar-refractivity contribution >= 4 is 5.97 Å². The Morgan fingerprint density at radius 1 is 0.833 bits per heavy atom. The van der Waals surface area contributed by atoms with E-state index in [0.717, 1.165) is 73.5 Å². The molecule has 0 aliphatic heterocycles. The third-order valence-corrected chi connectivity index (χ3v) is 14.7. The van der Waals surface area contributed by atoms with Crippen LogP contribution in [0.1, 0.15) is 190 Å². The molecule has 3 saturated carbocycles. The molecule has 9 atom stereocenters. The van der Waals surface area contributed by atoms with Crippen LogP contribution in [0.4, 0.5) is 0 Å². The SMILES string of the molecule is CCCCCC=CCC=CCCCCCCCC(=O)OC1CCC2(C)C(=CCC3C2CCC2(C)C(C(C)CCC(C)C(C)C)CCC32)C1. The van der Waals surface area contributed by atoms with Gasteiger partial charge in [0.25, 0.3) is 0 Å². The van der Waals surface area contributed by atoms with Crippen molar-refractivity contribution in [3.8, 4) is 0 Å². The van der Waals surface area contributed by atoms with Crippen molar-refractivity contribution in [3.05, 3.63) is 36.0 Å². The third-order valence-electron chi connectivity index (χ3n) is 14.7. The largest absolute Gasteiger partial charge is 0.462 e. The lowest BCUT2D eigenvalue weighted by molar-refractivity contribution is -0.151. The fraction of sp³-hybridized carbons (Fsp3) is 0.848. The Bertz CT molecular complexity index is 1050. The number of carbonyl (C=O) groups excluding carboxylic acids is 1. The number of hydrogen-bond acceptors (Lipinski definition) is 2. The van der Waals surface area contributed by atoms with E-state index in [0.29, 0.717) is 17.3 Å². The lowest BCUT2D eigenvalue weighted by Gasteiger charge is -2.58. The van der Waals surface area contributed by atoms with Crippen LogP contribution in [0.15, 0.2) is 36.0 Å². The molecule has 3 fully saturated rings. The molecule has 0 aromatic carbocycles. The number of allylic oxidation sites excluding steroid dienone is 5. The fourth-order valence-electron chi connectivity index (χ4n) is 11.1. The van der Waals surface area contributed by atoms with E-state index in [-0.39, 0.29) is 12.1 Å². The molecular formula is C46H78O2. The lowest BCUT2D eigenvalue weighted by atomic mass is 9.47. The number of unbranched alkanes of at least 4 members (excludes halogenated alkanes) is 8. The van der Waals surface area contributed by atoms with Gasteiger partial charge in [-0.3, -0.25) is 4.79 Å². The van der Waals surface area contributed by atoms with E-state index in [1.165, 1.54) is 103 Å². The Morgan fingerprint density at radius 2 is 1.54 bits per heavy atom. The standard InChI is InChI=1S/C46H78O2/c1-8-9-10-11-12-13-14-15-16-17-18-19-20-21-22-23-44(47)48-39-30-32-45(6)38(34-39)26-27-40-42-29-28-41(46(42,7)33-31-43(40)45)37(5)25-24-36(4)35(2)3/h12-13,15-16,26,35-37,39-43H,8-11,14,17-25,27-34H2,1-7H3. The summed E-state index contributed by atoms with van der Waals surface area (Å²) in [5, 5.41) is 0. The minimum atomic E-state index is 0.0471. The maximum Gasteiger partial charge on any atom is 0.306 e. The molecule has 0 bridgehead atoms. The summed E-state index contributed by atoms with van der Waals surface area (Å²) in [5.74, 6) is 6.06. The average Bonchev–Trinajstić information content (AvgIpc) is 3.42. The van der Waals surface area contributed by atoms with Gasteiger partial charge in [0.15, 0.2) is 0 Å². The van der Waals surface area contributed by atoms with Crippen molar-refractivity contribution in [3.63, 3.8) is 0 Å². The third kappa shape index (κ3) is 10.4. The highest BCUT2D eigenvalue weighted by atomic mass is 16.5. The average molecular weight is 663 g/mol. The van der Waals surface area contributed by atoms with Gasteiger partial charge in [-0.1, -0.05) is 129 Å². The van der Waals surface area contributed by atoms with Crippen LogP contribution in [0.25, 0.3) is 0 Å². The van der Waals surface area contributed by atoms with Gasteiger partial charge in [0.05, 0.1) is 0 Å². The molecule has 4 rings (SSSR count). The van der Waals surface area contributed by atoms with Gasteiger partial charge in [0, 0.05) is 12.8 Å². The van der Waals surface area contributed by atoms with Crippen molar-refractivity contribution in [2.24, 2.45) is 52.3 Å². The molecule has 0 amide bonds. The van der Waals surface area contributed by atoms with Crippen LogP contribution in [0.2, 0.25) is 0 Å². The van der Waals surface area contributed by atoms with E-state index in [1.807, 2.05) is 0 Å². The highest BCUT2D eigenvalue weighted by Crippen LogP contribution is 2.67.